The quantitative estimate of drug-likeness (QED) is 0.820. The number of hydrogen-bond acceptors (Lipinski definition) is 4. The van der Waals surface area contributed by atoms with Crippen molar-refractivity contribution in [3.63, 3.8) is 0 Å². The highest BCUT2D eigenvalue weighted by molar-refractivity contribution is 5.08. The maximum atomic E-state index is 5.57. The van der Waals surface area contributed by atoms with Gasteiger partial charge in [0.2, 0.25) is 5.89 Å². The third-order valence-electron chi connectivity index (χ3n) is 2.51. The molecule has 0 atom stereocenters. The molecule has 0 bridgehead atoms. The minimum absolute atomic E-state index is 0.0414. The van der Waals surface area contributed by atoms with Gasteiger partial charge >= 0.3 is 0 Å². The molecule has 2 heterocycles. The van der Waals surface area contributed by atoms with Crippen LogP contribution in [0.5, 0.6) is 0 Å². The van der Waals surface area contributed by atoms with Crippen LogP contribution in [0.15, 0.2) is 10.7 Å². The first kappa shape index (κ1) is 10.6. The molecule has 0 saturated carbocycles. The molecule has 1 aromatic heterocycles. The van der Waals surface area contributed by atoms with E-state index in [0.29, 0.717) is 18.6 Å². The first-order valence-electron chi connectivity index (χ1n) is 5.33. The van der Waals surface area contributed by atoms with Crippen LogP contribution in [0, 0.1) is 0 Å². The van der Waals surface area contributed by atoms with Gasteiger partial charge in [-0.25, -0.2) is 4.98 Å². The Morgan fingerprint density at radius 3 is 2.73 bits per heavy atom. The Labute approximate surface area is 90.0 Å². The number of hydrogen-bond donors (Lipinski definition) is 1. The summed E-state index contributed by atoms with van der Waals surface area (Å²) in [6.07, 6.45) is 2.05. The molecule has 4 heteroatoms. The maximum Gasteiger partial charge on any atom is 0.220 e. The minimum atomic E-state index is 0.0414. The third kappa shape index (κ3) is 2.58. The predicted molar refractivity (Wildman–Crippen MR) is 56.6 cm³/mol. The molecule has 1 aliphatic heterocycles. The lowest BCUT2D eigenvalue weighted by atomic mass is 9.93. The molecule has 0 spiro atoms. The van der Waals surface area contributed by atoms with Crippen LogP contribution in [0.1, 0.15) is 32.4 Å². The summed E-state index contributed by atoms with van der Waals surface area (Å²) >= 11 is 0. The molecule has 1 fully saturated rings. The summed E-state index contributed by atoms with van der Waals surface area (Å²) in [5.41, 5.74) is 1.02. The molecule has 0 radical (unpaired) electrons. The first-order chi connectivity index (χ1) is 7.05. The molecular formula is C11H18N2O2. The maximum absolute atomic E-state index is 5.57. The molecule has 15 heavy (non-hydrogen) atoms. The van der Waals surface area contributed by atoms with Crippen LogP contribution in [0.2, 0.25) is 0 Å². The monoisotopic (exact) mass is 210 g/mol. The van der Waals surface area contributed by atoms with Gasteiger partial charge in [0, 0.05) is 18.5 Å². The van der Waals surface area contributed by atoms with Crippen LogP contribution in [0.25, 0.3) is 0 Å². The van der Waals surface area contributed by atoms with E-state index in [0.717, 1.165) is 18.8 Å². The van der Waals surface area contributed by atoms with Gasteiger partial charge in [0.15, 0.2) is 0 Å². The van der Waals surface area contributed by atoms with Gasteiger partial charge < -0.3 is 14.5 Å². The lowest BCUT2D eigenvalue weighted by Crippen LogP contribution is -2.48. The Morgan fingerprint density at radius 2 is 2.27 bits per heavy atom. The third-order valence-corrected chi connectivity index (χ3v) is 2.51. The van der Waals surface area contributed by atoms with Crippen LogP contribution < -0.4 is 5.32 Å². The molecule has 0 aromatic carbocycles. The highest BCUT2D eigenvalue weighted by Crippen LogP contribution is 2.21. The molecule has 0 aliphatic carbocycles. The van der Waals surface area contributed by atoms with Crippen molar-refractivity contribution in [3.05, 3.63) is 17.8 Å². The molecule has 4 nitrogen and oxygen atoms in total. The van der Waals surface area contributed by atoms with Crippen LogP contribution in [-0.4, -0.2) is 24.2 Å². The summed E-state index contributed by atoms with van der Waals surface area (Å²) < 4.78 is 10.9. The average molecular weight is 210 g/mol. The lowest BCUT2D eigenvalue weighted by molar-refractivity contribution is -0.00210. The van der Waals surface area contributed by atoms with Crippen molar-refractivity contribution in [1.29, 1.82) is 0 Å². The Hall–Kier alpha value is -0.870. The largest absolute Gasteiger partial charge is 0.446 e. The standard InChI is InChI=1S/C11H18N2O2/c1-11(2,3)9-6-15-10(13-9)7-14-8-4-12-5-8/h6,8,12H,4-5,7H2,1-3H3. The second-order valence-electron chi connectivity index (χ2n) is 4.97. The number of ether oxygens (including phenoxy) is 1. The van der Waals surface area contributed by atoms with Crippen LogP contribution in [0.4, 0.5) is 0 Å². The molecule has 1 N–H and O–H groups in total. The fraction of sp³-hybridized carbons (Fsp3) is 0.727. The van der Waals surface area contributed by atoms with Crippen LogP contribution in [-0.2, 0) is 16.8 Å². The van der Waals surface area contributed by atoms with Crippen molar-refractivity contribution in [1.82, 2.24) is 10.3 Å². The second kappa shape index (κ2) is 3.94. The highest BCUT2D eigenvalue weighted by Gasteiger charge is 2.21. The van der Waals surface area contributed by atoms with Gasteiger partial charge in [0.05, 0.1) is 11.8 Å². The van der Waals surface area contributed by atoms with Gasteiger partial charge in [-0.3, -0.25) is 0 Å². The Bertz CT molecular complexity index is 324. The topological polar surface area (TPSA) is 47.3 Å². The van der Waals surface area contributed by atoms with Gasteiger partial charge in [0.25, 0.3) is 0 Å². The first-order valence-corrected chi connectivity index (χ1v) is 5.33. The molecule has 84 valence electrons. The molecule has 1 aromatic rings. The van der Waals surface area contributed by atoms with Crippen molar-refractivity contribution in [2.45, 2.75) is 38.9 Å². The molecular weight excluding hydrogens is 192 g/mol. The van der Waals surface area contributed by atoms with Crippen molar-refractivity contribution in [3.8, 4) is 0 Å². The zero-order valence-electron chi connectivity index (χ0n) is 9.54. The average Bonchev–Trinajstić information content (AvgIpc) is 2.48. The van der Waals surface area contributed by atoms with E-state index in [4.69, 9.17) is 9.15 Å². The highest BCUT2D eigenvalue weighted by atomic mass is 16.5. The molecule has 0 unspecified atom stereocenters. The van der Waals surface area contributed by atoms with Crippen molar-refractivity contribution < 1.29 is 9.15 Å². The van der Waals surface area contributed by atoms with Gasteiger partial charge in [0.1, 0.15) is 12.9 Å². The van der Waals surface area contributed by atoms with Gasteiger partial charge in [-0.05, 0) is 0 Å². The smallest absolute Gasteiger partial charge is 0.220 e. The van der Waals surface area contributed by atoms with E-state index in [1.807, 2.05) is 0 Å². The van der Waals surface area contributed by atoms with Gasteiger partial charge in [-0.1, -0.05) is 20.8 Å². The Morgan fingerprint density at radius 1 is 1.53 bits per heavy atom. The normalized spacial score (nSPS) is 17.8. The molecule has 1 saturated heterocycles. The van der Waals surface area contributed by atoms with Gasteiger partial charge in [-0.15, -0.1) is 0 Å². The molecule has 1 aliphatic rings. The minimum Gasteiger partial charge on any atom is -0.446 e. The predicted octanol–water partition coefficient (Wildman–Crippen LogP) is 1.46. The van der Waals surface area contributed by atoms with E-state index in [-0.39, 0.29) is 5.41 Å². The summed E-state index contributed by atoms with van der Waals surface area (Å²) in [5.74, 6) is 0.673. The van der Waals surface area contributed by atoms with E-state index in [1.54, 1.807) is 6.26 Å². The van der Waals surface area contributed by atoms with Crippen molar-refractivity contribution in [2.24, 2.45) is 0 Å². The summed E-state index contributed by atoms with van der Waals surface area (Å²) in [5, 5.41) is 3.15. The van der Waals surface area contributed by atoms with Crippen LogP contribution in [0.3, 0.4) is 0 Å². The summed E-state index contributed by atoms with van der Waals surface area (Å²) in [7, 11) is 0. The zero-order valence-corrected chi connectivity index (χ0v) is 9.54. The fourth-order valence-corrected chi connectivity index (χ4v) is 1.29. The zero-order chi connectivity index (χ0) is 10.9. The Kier molecular flexibility index (Phi) is 2.80. The SMILES string of the molecule is CC(C)(C)c1coc(COC2CNC2)n1. The van der Waals surface area contributed by atoms with Crippen molar-refractivity contribution >= 4 is 0 Å². The van der Waals surface area contributed by atoms with E-state index in [1.165, 1.54) is 0 Å². The number of rotatable bonds is 3. The van der Waals surface area contributed by atoms with Crippen LogP contribution >= 0.6 is 0 Å². The number of nitrogens with zero attached hydrogens (tertiary/aromatic N) is 1. The second-order valence-corrected chi connectivity index (χ2v) is 4.97. The summed E-state index contributed by atoms with van der Waals surface area (Å²) in [6, 6.07) is 0. The lowest BCUT2D eigenvalue weighted by Gasteiger charge is -2.26. The fourth-order valence-electron chi connectivity index (χ4n) is 1.29. The number of nitrogens with one attached hydrogen (secondary N) is 1. The number of oxazole rings is 1. The molecule has 0 amide bonds. The van der Waals surface area contributed by atoms with Gasteiger partial charge in [-0.2, -0.15) is 0 Å². The summed E-state index contributed by atoms with van der Waals surface area (Å²) in [4.78, 5) is 4.40. The van der Waals surface area contributed by atoms with E-state index in [9.17, 15) is 0 Å². The number of aromatic nitrogens is 1. The Balaban J connectivity index is 1.89. The summed E-state index contributed by atoms with van der Waals surface area (Å²) in [6.45, 7) is 8.70. The van der Waals surface area contributed by atoms with E-state index < -0.39 is 0 Å². The van der Waals surface area contributed by atoms with E-state index in [2.05, 4.69) is 31.1 Å². The van der Waals surface area contributed by atoms with Crippen molar-refractivity contribution in [2.75, 3.05) is 13.1 Å². The molecule has 2 rings (SSSR count). The van der Waals surface area contributed by atoms with E-state index >= 15 is 0 Å².